The van der Waals surface area contributed by atoms with E-state index in [2.05, 4.69) is 21.2 Å². The summed E-state index contributed by atoms with van der Waals surface area (Å²) in [6, 6.07) is 15.8. The number of hydrogen-bond acceptors (Lipinski definition) is 3. The van der Waals surface area contributed by atoms with E-state index in [4.69, 9.17) is 11.6 Å². The molecule has 0 bridgehead atoms. The maximum absolute atomic E-state index is 14.7. The van der Waals surface area contributed by atoms with Gasteiger partial charge in [-0.1, -0.05) is 64.3 Å². The zero-order valence-corrected chi connectivity index (χ0v) is 23.8. The minimum Gasteiger partial charge on any atom is -0.345 e. The van der Waals surface area contributed by atoms with Crippen molar-refractivity contribution in [2.45, 2.75) is 56.5 Å². The first-order valence-corrected chi connectivity index (χ1v) is 14.8. The Labute approximate surface area is 231 Å². The molecule has 0 spiro atoms. The van der Waals surface area contributed by atoms with E-state index in [-0.39, 0.29) is 33.5 Å². The Bertz CT molecular complexity index is 1400. The van der Waals surface area contributed by atoms with Crippen molar-refractivity contribution in [3.05, 3.63) is 98.2 Å². The second-order valence-electron chi connectivity index (χ2n) is 9.39. The normalized spacial score (nSPS) is 17.4. The van der Waals surface area contributed by atoms with Gasteiger partial charge in [-0.3, -0.25) is 4.79 Å². The minimum absolute atomic E-state index is 0.0894. The second-order valence-corrected chi connectivity index (χ2v) is 12.5. The van der Waals surface area contributed by atoms with Gasteiger partial charge in [0.2, 0.25) is 10.0 Å². The molecule has 196 valence electrons. The first kappa shape index (κ1) is 27.8. The molecule has 1 heterocycles. The Kier molecular flexibility index (Phi) is 8.74. The zero-order chi connectivity index (χ0) is 26.7. The Morgan fingerprint density at radius 2 is 1.92 bits per heavy atom. The smallest absolute Gasteiger partial charge is 0.252 e. The first-order valence-electron chi connectivity index (χ1n) is 12.2. The number of rotatable bonds is 7. The monoisotopic (exact) mass is 606 g/mol. The lowest BCUT2D eigenvalue weighted by atomic mass is 9.97. The van der Waals surface area contributed by atoms with Gasteiger partial charge in [-0.2, -0.15) is 4.31 Å². The summed E-state index contributed by atoms with van der Waals surface area (Å²) in [4.78, 5) is 13.7. The largest absolute Gasteiger partial charge is 0.345 e. The van der Waals surface area contributed by atoms with Gasteiger partial charge in [0.15, 0.2) is 0 Å². The van der Waals surface area contributed by atoms with Gasteiger partial charge in [-0.25, -0.2) is 12.8 Å². The van der Waals surface area contributed by atoms with Crippen LogP contribution in [0.15, 0.2) is 70.0 Å². The molecule has 3 aromatic carbocycles. The lowest BCUT2D eigenvalue weighted by Gasteiger charge is -2.32. The molecule has 1 amide bonds. The van der Waals surface area contributed by atoms with Crippen molar-refractivity contribution < 1.29 is 17.6 Å². The van der Waals surface area contributed by atoms with E-state index in [0.717, 1.165) is 29.3 Å². The molecule has 1 aliphatic heterocycles. The summed E-state index contributed by atoms with van der Waals surface area (Å²) in [5.74, 6) is -0.909. The first-order chi connectivity index (χ1) is 17.6. The fraction of sp³-hybridized carbons (Fsp3) is 0.321. The number of piperidine rings is 1. The van der Waals surface area contributed by atoms with Crippen LogP contribution >= 0.6 is 27.5 Å². The average Bonchev–Trinajstić information content (AvgIpc) is 2.86. The summed E-state index contributed by atoms with van der Waals surface area (Å²) in [5.41, 5.74) is 1.93. The van der Waals surface area contributed by atoms with Crippen LogP contribution < -0.4 is 5.32 Å². The predicted octanol–water partition coefficient (Wildman–Crippen LogP) is 6.83. The van der Waals surface area contributed by atoms with E-state index in [0.29, 0.717) is 12.1 Å². The van der Waals surface area contributed by atoms with Crippen LogP contribution in [0.1, 0.15) is 59.3 Å². The summed E-state index contributed by atoms with van der Waals surface area (Å²) in [5, 5.41) is 3.27. The number of hydrogen-bond donors (Lipinski definition) is 1. The SMILES string of the molecule is Cc1ccc(S(=O)(=O)N2CCCCC2C)cc1C(=O)NC(Cc1c(F)cccc1Cl)c1ccccc1Br. The molecule has 1 N–H and O–H groups in total. The molecule has 0 radical (unpaired) electrons. The molecule has 1 fully saturated rings. The standard InChI is InChI=1S/C28H29BrClFN2O3S/c1-18-13-14-20(37(35,36)33-15-6-5-8-19(33)2)16-22(18)28(34)32-27(21-9-3-4-10-24(21)29)17-23-25(30)11-7-12-26(23)31/h3-4,7,9-14,16,19,27H,5-6,8,15,17H2,1-2H3,(H,32,34). The predicted molar refractivity (Wildman–Crippen MR) is 148 cm³/mol. The highest BCUT2D eigenvalue weighted by atomic mass is 79.9. The maximum atomic E-state index is 14.7. The fourth-order valence-corrected chi connectivity index (χ4v) is 7.26. The number of carbonyl (C=O) groups excluding carboxylic acids is 1. The maximum Gasteiger partial charge on any atom is 0.252 e. The summed E-state index contributed by atoms with van der Waals surface area (Å²) in [6.45, 7) is 4.14. The van der Waals surface area contributed by atoms with Crippen LogP contribution in [0, 0.1) is 12.7 Å². The number of nitrogens with zero attached hydrogens (tertiary/aromatic N) is 1. The van der Waals surface area contributed by atoms with Gasteiger partial charge in [-0.05, 0) is 68.1 Å². The molecule has 5 nitrogen and oxygen atoms in total. The number of amides is 1. The van der Waals surface area contributed by atoms with Crippen LogP contribution in [0.4, 0.5) is 4.39 Å². The summed E-state index contributed by atoms with van der Waals surface area (Å²) in [6.07, 6.45) is 2.74. The van der Waals surface area contributed by atoms with Gasteiger partial charge in [0.1, 0.15) is 5.82 Å². The van der Waals surface area contributed by atoms with Crippen molar-refractivity contribution in [2.24, 2.45) is 0 Å². The molecule has 0 saturated carbocycles. The molecule has 1 saturated heterocycles. The van der Waals surface area contributed by atoms with Crippen molar-refractivity contribution in [2.75, 3.05) is 6.54 Å². The Hall–Kier alpha value is -2.26. The molecule has 4 rings (SSSR count). The molecule has 3 aromatic rings. The van der Waals surface area contributed by atoms with Crippen molar-refractivity contribution in [3.8, 4) is 0 Å². The van der Waals surface area contributed by atoms with E-state index < -0.39 is 27.8 Å². The van der Waals surface area contributed by atoms with Crippen LogP contribution in [0.5, 0.6) is 0 Å². The summed E-state index contributed by atoms with van der Waals surface area (Å²) in [7, 11) is -3.75. The molecule has 2 atom stereocenters. The summed E-state index contributed by atoms with van der Waals surface area (Å²) >= 11 is 9.83. The average molecular weight is 608 g/mol. The minimum atomic E-state index is -3.75. The molecule has 9 heteroatoms. The van der Waals surface area contributed by atoms with Gasteiger partial charge in [-0.15, -0.1) is 0 Å². The second kappa shape index (κ2) is 11.6. The van der Waals surface area contributed by atoms with Crippen LogP contribution in [-0.4, -0.2) is 31.2 Å². The lowest BCUT2D eigenvalue weighted by Crippen LogP contribution is -2.42. The number of aryl methyl sites for hydroxylation is 1. The third-order valence-electron chi connectivity index (χ3n) is 6.86. The number of sulfonamides is 1. The molecular weight excluding hydrogens is 579 g/mol. The molecule has 1 aliphatic rings. The van der Waals surface area contributed by atoms with Crippen LogP contribution in [0.3, 0.4) is 0 Å². The number of carbonyl (C=O) groups is 1. The molecule has 0 aromatic heterocycles. The van der Waals surface area contributed by atoms with Crippen molar-refractivity contribution in [1.82, 2.24) is 9.62 Å². The number of nitrogens with one attached hydrogen (secondary N) is 1. The van der Waals surface area contributed by atoms with Gasteiger partial charge >= 0.3 is 0 Å². The van der Waals surface area contributed by atoms with Gasteiger partial charge in [0.05, 0.1) is 10.9 Å². The third-order valence-corrected chi connectivity index (χ3v) is 9.94. The van der Waals surface area contributed by atoms with Crippen LogP contribution in [0.2, 0.25) is 5.02 Å². The van der Waals surface area contributed by atoms with Crippen molar-refractivity contribution in [1.29, 1.82) is 0 Å². The number of halogens is 3. The van der Waals surface area contributed by atoms with E-state index >= 15 is 0 Å². The van der Waals surface area contributed by atoms with E-state index in [1.165, 1.54) is 22.5 Å². The van der Waals surface area contributed by atoms with Crippen molar-refractivity contribution in [3.63, 3.8) is 0 Å². The Balaban J connectivity index is 1.68. The highest BCUT2D eigenvalue weighted by molar-refractivity contribution is 9.10. The van der Waals surface area contributed by atoms with E-state index in [1.807, 2.05) is 31.2 Å². The zero-order valence-electron chi connectivity index (χ0n) is 20.7. The van der Waals surface area contributed by atoms with E-state index in [1.54, 1.807) is 25.1 Å². The Morgan fingerprint density at radius 1 is 1.16 bits per heavy atom. The third kappa shape index (κ3) is 6.08. The Morgan fingerprint density at radius 3 is 2.62 bits per heavy atom. The highest BCUT2D eigenvalue weighted by Gasteiger charge is 2.32. The van der Waals surface area contributed by atoms with Gasteiger partial charge in [0, 0.05) is 39.6 Å². The topological polar surface area (TPSA) is 66.5 Å². The summed E-state index contributed by atoms with van der Waals surface area (Å²) < 4.78 is 43.8. The molecular formula is C28H29BrClFN2O3S. The molecule has 2 unspecified atom stereocenters. The van der Waals surface area contributed by atoms with Gasteiger partial charge < -0.3 is 5.32 Å². The lowest BCUT2D eigenvalue weighted by molar-refractivity contribution is 0.0935. The quantitative estimate of drug-likeness (QED) is 0.320. The molecule has 37 heavy (non-hydrogen) atoms. The van der Waals surface area contributed by atoms with Gasteiger partial charge in [0.25, 0.3) is 5.91 Å². The highest BCUT2D eigenvalue weighted by Crippen LogP contribution is 2.31. The number of benzene rings is 3. The van der Waals surface area contributed by atoms with Crippen molar-refractivity contribution >= 4 is 43.5 Å². The molecule has 0 aliphatic carbocycles. The van der Waals surface area contributed by atoms with Crippen LogP contribution in [-0.2, 0) is 16.4 Å². The van der Waals surface area contributed by atoms with E-state index in [9.17, 15) is 17.6 Å². The fourth-order valence-electron chi connectivity index (χ4n) is 4.73. The van der Waals surface area contributed by atoms with Crippen LogP contribution in [0.25, 0.3) is 0 Å².